The van der Waals surface area contributed by atoms with E-state index in [0.717, 1.165) is 16.7 Å². The first-order valence-corrected chi connectivity index (χ1v) is 5.84. The summed E-state index contributed by atoms with van der Waals surface area (Å²) in [5, 5.41) is 0.847. The lowest BCUT2D eigenvalue weighted by Crippen LogP contribution is -1.79. The summed E-state index contributed by atoms with van der Waals surface area (Å²) in [6.45, 7) is 5.64. The van der Waals surface area contributed by atoms with E-state index in [-0.39, 0.29) is 0 Å². The van der Waals surface area contributed by atoms with Crippen molar-refractivity contribution in [3.8, 4) is 0 Å². The van der Waals surface area contributed by atoms with Gasteiger partial charge in [0.2, 0.25) is 0 Å². The minimum atomic E-state index is 0.755. The number of alkyl halides is 1. The third-order valence-corrected chi connectivity index (χ3v) is 1.98. The monoisotopic (exact) mass is 268 g/mol. The molecular weight excluding hydrogens is 252 g/mol. The van der Waals surface area contributed by atoms with Crippen molar-refractivity contribution in [3.05, 3.63) is 60.4 Å². The van der Waals surface area contributed by atoms with Gasteiger partial charge in [-0.3, -0.25) is 0 Å². The van der Waals surface area contributed by atoms with Crippen LogP contribution in [0.25, 0.3) is 0 Å². The molecule has 0 atom stereocenters. The minimum Gasteiger partial charge on any atom is -0.497 e. The standard InChI is InChI=1S/C13H17BrO/c1-4-7-12(10-11-14)8-6-9-13(5-2)15-3/h4-10H,2,11H2,1,3H3/b7-4-,8-6+,12-10+,13-9+. The SMILES string of the molecule is C=C\C(=C/C=C/C(/C=C\C)=C/CBr)OC. The minimum absolute atomic E-state index is 0.755. The van der Waals surface area contributed by atoms with Gasteiger partial charge in [0.1, 0.15) is 5.76 Å². The van der Waals surface area contributed by atoms with Gasteiger partial charge in [0.25, 0.3) is 0 Å². The lowest BCUT2D eigenvalue weighted by atomic mass is 10.2. The Balaban J connectivity index is 4.53. The molecule has 15 heavy (non-hydrogen) atoms. The number of rotatable bonds is 6. The summed E-state index contributed by atoms with van der Waals surface area (Å²) in [6.07, 6.45) is 13.6. The third kappa shape index (κ3) is 6.97. The van der Waals surface area contributed by atoms with Crippen LogP contribution < -0.4 is 0 Å². The highest BCUT2D eigenvalue weighted by molar-refractivity contribution is 9.09. The number of hydrogen-bond donors (Lipinski definition) is 0. The molecule has 0 aliphatic carbocycles. The van der Waals surface area contributed by atoms with Crippen LogP contribution in [-0.2, 0) is 4.74 Å². The summed E-state index contributed by atoms with van der Waals surface area (Å²) in [7, 11) is 1.63. The molecule has 0 spiro atoms. The maximum atomic E-state index is 5.05. The largest absolute Gasteiger partial charge is 0.497 e. The van der Waals surface area contributed by atoms with Crippen molar-refractivity contribution < 1.29 is 4.74 Å². The molecule has 0 radical (unpaired) electrons. The first kappa shape index (κ1) is 14.0. The Morgan fingerprint density at radius 1 is 1.40 bits per heavy atom. The fourth-order valence-electron chi connectivity index (χ4n) is 0.947. The van der Waals surface area contributed by atoms with E-state index in [1.54, 1.807) is 13.2 Å². The van der Waals surface area contributed by atoms with E-state index in [9.17, 15) is 0 Å². The van der Waals surface area contributed by atoms with Crippen molar-refractivity contribution in [2.75, 3.05) is 12.4 Å². The zero-order valence-electron chi connectivity index (χ0n) is 9.24. The number of methoxy groups -OCH3 is 1. The summed E-state index contributed by atoms with van der Waals surface area (Å²) >= 11 is 3.37. The quantitative estimate of drug-likeness (QED) is 0.400. The Kier molecular flexibility index (Phi) is 8.88. The molecule has 0 bridgehead atoms. The fourth-order valence-corrected chi connectivity index (χ4v) is 1.32. The lowest BCUT2D eigenvalue weighted by molar-refractivity contribution is 0.307. The average Bonchev–Trinajstić information content (AvgIpc) is 2.25. The van der Waals surface area contributed by atoms with Gasteiger partial charge in [0, 0.05) is 5.33 Å². The normalized spacial score (nSPS) is 13.8. The summed E-state index contributed by atoms with van der Waals surface area (Å²) in [6, 6.07) is 0. The Hall–Kier alpha value is -1.02. The van der Waals surface area contributed by atoms with Crippen LogP contribution >= 0.6 is 15.9 Å². The van der Waals surface area contributed by atoms with Gasteiger partial charge < -0.3 is 4.74 Å². The van der Waals surface area contributed by atoms with Crippen LogP contribution in [0.2, 0.25) is 0 Å². The maximum Gasteiger partial charge on any atom is 0.118 e. The molecule has 0 aromatic heterocycles. The zero-order chi connectivity index (χ0) is 11.5. The first-order valence-electron chi connectivity index (χ1n) is 4.72. The number of halogens is 1. The van der Waals surface area contributed by atoms with Crippen molar-refractivity contribution in [2.24, 2.45) is 0 Å². The highest BCUT2D eigenvalue weighted by Gasteiger charge is 1.85. The highest BCUT2D eigenvalue weighted by Crippen LogP contribution is 2.03. The van der Waals surface area contributed by atoms with Gasteiger partial charge in [0.15, 0.2) is 0 Å². The van der Waals surface area contributed by atoms with Gasteiger partial charge in [-0.15, -0.1) is 0 Å². The molecule has 1 nitrogen and oxygen atoms in total. The second-order valence-corrected chi connectivity index (χ2v) is 3.34. The molecule has 2 heteroatoms. The predicted molar refractivity (Wildman–Crippen MR) is 71.1 cm³/mol. The molecule has 0 saturated carbocycles. The molecule has 0 aliphatic heterocycles. The summed E-state index contributed by atoms with van der Waals surface area (Å²) < 4.78 is 5.05. The molecule has 82 valence electrons. The lowest BCUT2D eigenvalue weighted by Gasteiger charge is -1.96. The van der Waals surface area contributed by atoms with Crippen LogP contribution in [0.5, 0.6) is 0 Å². The predicted octanol–water partition coefficient (Wildman–Crippen LogP) is 4.16. The molecule has 0 rings (SSSR count). The summed E-state index contributed by atoms with van der Waals surface area (Å²) in [5.41, 5.74) is 1.16. The topological polar surface area (TPSA) is 9.23 Å². The van der Waals surface area contributed by atoms with Crippen LogP contribution in [0, 0.1) is 0 Å². The summed E-state index contributed by atoms with van der Waals surface area (Å²) in [4.78, 5) is 0. The van der Waals surface area contributed by atoms with E-state index in [4.69, 9.17) is 4.74 Å². The van der Waals surface area contributed by atoms with Crippen LogP contribution in [0.15, 0.2) is 60.4 Å². The van der Waals surface area contributed by atoms with E-state index >= 15 is 0 Å². The molecule has 0 unspecified atom stereocenters. The van der Waals surface area contributed by atoms with Crippen LogP contribution in [-0.4, -0.2) is 12.4 Å². The Morgan fingerprint density at radius 3 is 2.60 bits per heavy atom. The molecule has 0 heterocycles. The Morgan fingerprint density at radius 2 is 2.13 bits per heavy atom. The second-order valence-electron chi connectivity index (χ2n) is 2.69. The smallest absolute Gasteiger partial charge is 0.118 e. The van der Waals surface area contributed by atoms with E-state index in [0.29, 0.717) is 0 Å². The highest BCUT2D eigenvalue weighted by atomic mass is 79.9. The molecule has 0 fully saturated rings. The van der Waals surface area contributed by atoms with Crippen molar-refractivity contribution in [3.63, 3.8) is 0 Å². The molecule has 0 saturated heterocycles. The molecule has 0 N–H and O–H groups in total. The molecule has 0 aliphatic rings. The van der Waals surface area contributed by atoms with Gasteiger partial charge in [-0.05, 0) is 24.6 Å². The van der Waals surface area contributed by atoms with E-state index < -0.39 is 0 Å². The number of allylic oxidation sites excluding steroid dienone is 8. The van der Waals surface area contributed by atoms with E-state index in [2.05, 4.69) is 28.6 Å². The van der Waals surface area contributed by atoms with Crippen LogP contribution in [0.4, 0.5) is 0 Å². The van der Waals surface area contributed by atoms with Crippen molar-refractivity contribution in [2.45, 2.75) is 6.92 Å². The molecule has 0 amide bonds. The van der Waals surface area contributed by atoms with Gasteiger partial charge in [-0.2, -0.15) is 0 Å². The van der Waals surface area contributed by atoms with Crippen LogP contribution in [0.1, 0.15) is 6.92 Å². The van der Waals surface area contributed by atoms with E-state index in [1.165, 1.54) is 0 Å². The zero-order valence-corrected chi connectivity index (χ0v) is 10.8. The Labute approximate surface area is 101 Å². The Bertz CT molecular complexity index is 296. The van der Waals surface area contributed by atoms with Crippen molar-refractivity contribution in [1.29, 1.82) is 0 Å². The van der Waals surface area contributed by atoms with Crippen LogP contribution in [0.3, 0.4) is 0 Å². The molecular formula is C13H17BrO. The number of ether oxygens (including phenoxy) is 1. The van der Waals surface area contributed by atoms with Gasteiger partial charge >= 0.3 is 0 Å². The molecule has 0 aromatic carbocycles. The second kappa shape index (κ2) is 9.53. The van der Waals surface area contributed by atoms with E-state index in [1.807, 2.05) is 37.3 Å². The van der Waals surface area contributed by atoms with Crippen molar-refractivity contribution in [1.82, 2.24) is 0 Å². The fraction of sp³-hybridized carbons (Fsp3) is 0.231. The maximum absolute atomic E-state index is 5.05. The average molecular weight is 269 g/mol. The third-order valence-electron chi connectivity index (χ3n) is 1.66. The first-order chi connectivity index (χ1) is 7.28. The van der Waals surface area contributed by atoms with Gasteiger partial charge in [0.05, 0.1) is 7.11 Å². The number of hydrogen-bond acceptors (Lipinski definition) is 1. The molecule has 0 aromatic rings. The van der Waals surface area contributed by atoms with Crippen molar-refractivity contribution >= 4 is 15.9 Å². The van der Waals surface area contributed by atoms with Gasteiger partial charge in [-0.25, -0.2) is 0 Å². The summed E-state index contributed by atoms with van der Waals surface area (Å²) in [5.74, 6) is 0.755. The van der Waals surface area contributed by atoms with Gasteiger partial charge in [-0.1, -0.05) is 52.9 Å².